The Labute approximate surface area is 159 Å². The van der Waals surface area contributed by atoms with E-state index in [-0.39, 0.29) is 12.4 Å². The Kier molecular flexibility index (Phi) is 6.50. The molecule has 0 bridgehead atoms. The molecule has 2 aromatic rings. The van der Waals surface area contributed by atoms with Crippen LogP contribution in [0, 0.1) is 13.8 Å². The van der Waals surface area contributed by atoms with E-state index in [4.69, 9.17) is 14.2 Å². The van der Waals surface area contributed by atoms with Gasteiger partial charge in [0.25, 0.3) is 0 Å². The predicted octanol–water partition coefficient (Wildman–Crippen LogP) is 3.51. The van der Waals surface area contributed by atoms with Gasteiger partial charge in [0, 0.05) is 17.4 Å². The molecule has 2 N–H and O–H groups in total. The zero-order valence-electron chi connectivity index (χ0n) is 16.6. The number of carbonyl (C=O) groups excluding carboxylic acids is 2. The van der Waals surface area contributed by atoms with Gasteiger partial charge in [-0.1, -0.05) is 0 Å². The van der Waals surface area contributed by atoms with E-state index in [9.17, 15) is 9.59 Å². The number of aromatic nitrogens is 1. The first-order chi connectivity index (χ1) is 12.8. The summed E-state index contributed by atoms with van der Waals surface area (Å²) in [7, 11) is 3.12. The van der Waals surface area contributed by atoms with E-state index in [1.54, 1.807) is 54.0 Å². The number of hydrogen-bond donors (Lipinski definition) is 2. The van der Waals surface area contributed by atoms with Crippen molar-refractivity contribution in [2.24, 2.45) is 0 Å². The van der Waals surface area contributed by atoms with Crippen molar-refractivity contribution in [2.45, 2.75) is 33.7 Å². The number of rotatable bonds is 8. The first-order valence-corrected chi connectivity index (χ1v) is 8.73. The van der Waals surface area contributed by atoms with Crippen molar-refractivity contribution < 1.29 is 23.8 Å². The smallest absolute Gasteiger partial charge is 0.340 e. The Morgan fingerprint density at radius 2 is 1.81 bits per heavy atom. The number of carbonyl (C=O) groups is 2. The normalized spacial score (nSPS) is 11.6. The molecule has 7 nitrogen and oxygen atoms in total. The molecule has 0 saturated heterocycles. The van der Waals surface area contributed by atoms with Crippen LogP contribution in [0.15, 0.2) is 18.2 Å². The molecule has 0 aliphatic carbocycles. The predicted molar refractivity (Wildman–Crippen MR) is 103 cm³/mol. The number of ether oxygens (including phenoxy) is 3. The van der Waals surface area contributed by atoms with Gasteiger partial charge in [0.1, 0.15) is 0 Å². The van der Waals surface area contributed by atoms with Crippen LogP contribution in [0.25, 0.3) is 0 Å². The first kappa shape index (κ1) is 20.4. The van der Waals surface area contributed by atoms with Crippen molar-refractivity contribution in [3.63, 3.8) is 0 Å². The average Bonchev–Trinajstić information content (AvgIpc) is 2.95. The largest absolute Gasteiger partial charge is 0.493 e. The fraction of sp³-hybridized carbons (Fsp3) is 0.400. The molecule has 146 valence electrons. The maximum Gasteiger partial charge on any atom is 0.340 e. The Morgan fingerprint density at radius 3 is 2.41 bits per heavy atom. The summed E-state index contributed by atoms with van der Waals surface area (Å²) in [6.07, 6.45) is 0. The third-order valence-electron chi connectivity index (χ3n) is 4.32. The molecule has 2 rings (SSSR count). The molecule has 1 unspecified atom stereocenters. The lowest BCUT2D eigenvalue weighted by atomic mass is 10.0. The number of anilines is 1. The second kappa shape index (κ2) is 8.62. The number of Topliss-reactive ketones (excluding diaryl/α,β-unsaturated/α-hetero) is 1. The molecule has 0 saturated carbocycles. The number of methoxy groups -OCH3 is 2. The highest BCUT2D eigenvalue weighted by Crippen LogP contribution is 2.30. The maximum atomic E-state index is 12.9. The lowest BCUT2D eigenvalue weighted by molar-refractivity contribution is 0.0525. The quantitative estimate of drug-likeness (QED) is 0.543. The van der Waals surface area contributed by atoms with E-state index in [2.05, 4.69) is 10.3 Å². The number of aromatic amines is 1. The van der Waals surface area contributed by atoms with Crippen LogP contribution in [0.1, 0.15) is 46.0 Å². The van der Waals surface area contributed by atoms with Gasteiger partial charge in [0.2, 0.25) is 5.78 Å². The van der Waals surface area contributed by atoms with E-state index in [1.165, 1.54) is 0 Å². The van der Waals surface area contributed by atoms with E-state index in [0.717, 1.165) is 5.69 Å². The maximum absolute atomic E-state index is 12.9. The Bertz CT molecular complexity index is 841. The van der Waals surface area contributed by atoms with Gasteiger partial charge < -0.3 is 24.5 Å². The Balaban J connectivity index is 2.23. The highest BCUT2D eigenvalue weighted by atomic mass is 16.5. The highest BCUT2D eigenvalue weighted by molar-refractivity contribution is 6.04. The van der Waals surface area contributed by atoms with Crippen LogP contribution in [0.5, 0.6) is 11.5 Å². The molecule has 0 aliphatic rings. The summed E-state index contributed by atoms with van der Waals surface area (Å²) in [4.78, 5) is 28.0. The molecule has 0 fully saturated rings. The summed E-state index contributed by atoms with van der Waals surface area (Å²) < 4.78 is 15.6. The van der Waals surface area contributed by atoms with E-state index in [1.807, 2.05) is 6.07 Å². The summed E-state index contributed by atoms with van der Waals surface area (Å²) in [5, 5.41) is 3.16. The van der Waals surface area contributed by atoms with Gasteiger partial charge in [-0.2, -0.15) is 0 Å². The Hall–Kier alpha value is -2.96. The fourth-order valence-corrected chi connectivity index (χ4v) is 2.96. The lowest BCUT2D eigenvalue weighted by Gasteiger charge is -2.16. The summed E-state index contributed by atoms with van der Waals surface area (Å²) in [6.45, 7) is 7.28. The summed E-state index contributed by atoms with van der Waals surface area (Å²) >= 11 is 0. The minimum Gasteiger partial charge on any atom is -0.493 e. The molecule has 27 heavy (non-hydrogen) atoms. The molecule has 0 aliphatic heterocycles. The lowest BCUT2D eigenvalue weighted by Crippen LogP contribution is -2.27. The van der Waals surface area contributed by atoms with Gasteiger partial charge in [-0.3, -0.25) is 4.79 Å². The van der Waals surface area contributed by atoms with Crippen molar-refractivity contribution in [3.8, 4) is 11.5 Å². The van der Waals surface area contributed by atoms with Gasteiger partial charge in [0.15, 0.2) is 11.5 Å². The number of hydrogen-bond acceptors (Lipinski definition) is 6. The van der Waals surface area contributed by atoms with Crippen LogP contribution in [-0.4, -0.2) is 43.6 Å². The van der Waals surface area contributed by atoms with Crippen molar-refractivity contribution in [1.29, 1.82) is 0 Å². The Morgan fingerprint density at radius 1 is 1.15 bits per heavy atom. The van der Waals surface area contributed by atoms with E-state index < -0.39 is 12.0 Å². The third kappa shape index (κ3) is 4.24. The van der Waals surface area contributed by atoms with Crippen molar-refractivity contribution in [2.75, 3.05) is 26.1 Å². The number of benzene rings is 1. The van der Waals surface area contributed by atoms with Crippen molar-refractivity contribution in [3.05, 3.63) is 40.7 Å². The van der Waals surface area contributed by atoms with Gasteiger partial charge in [-0.15, -0.1) is 0 Å². The third-order valence-corrected chi connectivity index (χ3v) is 4.32. The summed E-state index contributed by atoms with van der Waals surface area (Å²) in [5.41, 5.74) is 2.75. The fourth-order valence-electron chi connectivity index (χ4n) is 2.96. The first-order valence-electron chi connectivity index (χ1n) is 8.73. The molecule has 0 spiro atoms. The van der Waals surface area contributed by atoms with Gasteiger partial charge >= 0.3 is 5.97 Å². The summed E-state index contributed by atoms with van der Waals surface area (Å²) in [5.74, 6) is 0.597. The topological polar surface area (TPSA) is 89.7 Å². The average molecular weight is 374 g/mol. The standard InChI is InChI=1S/C20H26N2O5/c1-7-27-20(24)17-11(2)18(22-12(17)3)19(23)13(4)21-14-8-9-15(25-5)16(10-14)26-6/h8-10,13,21-22H,7H2,1-6H3. The second-order valence-corrected chi connectivity index (χ2v) is 6.15. The van der Waals surface area contributed by atoms with Crippen LogP contribution in [0.4, 0.5) is 5.69 Å². The molecule has 0 radical (unpaired) electrons. The van der Waals surface area contributed by atoms with Gasteiger partial charge in [-0.05, 0) is 45.4 Å². The minimum atomic E-state index is -0.519. The van der Waals surface area contributed by atoms with E-state index in [0.29, 0.717) is 34.0 Å². The van der Waals surface area contributed by atoms with Crippen LogP contribution >= 0.6 is 0 Å². The number of aryl methyl sites for hydroxylation is 1. The van der Waals surface area contributed by atoms with Gasteiger partial charge in [-0.25, -0.2) is 4.79 Å². The molecular weight excluding hydrogens is 348 g/mol. The number of nitrogens with one attached hydrogen (secondary N) is 2. The highest BCUT2D eigenvalue weighted by Gasteiger charge is 2.25. The zero-order valence-corrected chi connectivity index (χ0v) is 16.6. The number of H-pyrrole nitrogens is 1. The molecule has 1 aromatic heterocycles. The van der Waals surface area contributed by atoms with Crippen LogP contribution in [-0.2, 0) is 4.74 Å². The van der Waals surface area contributed by atoms with Gasteiger partial charge in [0.05, 0.1) is 38.1 Å². The molecule has 0 amide bonds. The van der Waals surface area contributed by atoms with Crippen LogP contribution in [0.2, 0.25) is 0 Å². The van der Waals surface area contributed by atoms with Crippen LogP contribution in [0.3, 0.4) is 0 Å². The SMILES string of the molecule is CCOC(=O)c1c(C)[nH]c(C(=O)C(C)Nc2ccc(OC)c(OC)c2)c1C. The van der Waals surface area contributed by atoms with Crippen LogP contribution < -0.4 is 14.8 Å². The number of ketones is 1. The molecule has 7 heteroatoms. The molecular formula is C20H26N2O5. The second-order valence-electron chi connectivity index (χ2n) is 6.15. The zero-order chi connectivity index (χ0) is 20.1. The molecule has 1 atom stereocenters. The monoisotopic (exact) mass is 374 g/mol. The number of esters is 1. The van der Waals surface area contributed by atoms with E-state index >= 15 is 0 Å². The molecule has 1 aromatic carbocycles. The summed E-state index contributed by atoms with van der Waals surface area (Å²) in [6, 6.07) is 4.82. The minimum absolute atomic E-state index is 0.152. The van der Waals surface area contributed by atoms with Crippen molar-refractivity contribution in [1.82, 2.24) is 4.98 Å². The van der Waals surface area contributed by atoms with Crippen molar-refractivity contribution >= 4 is 17.4 Å². The molecule has 1 heterocycles.